The van der Waals surface area contributed by atoms with Gasteiger partial charge in [0, 0.05) is 18.8 Å². The number of rotatable bonds is 6. The molecule has 0 bridgehead atoms. The summed E-state index contributed by atoms with van der Waals surface area (Å²) >= 11 is 6.42. The molecule has 0 spiro atoms. The van der Waals surface area contributed by atoms with Crippen LogP contribution in [0.4, 0.5) is 15.8 Å². The van der Waals surface area contributed by atoms with E-state index in [1.165, 1.54) is 12.1 Å². The van der Waals surface area contributed by atoms with E-state index in [1.54, 1.807) is 12.1 Å². The van der Waals surface area contributed by atoms with Crippen molar-refractivity contribution in [1.29, 1.82) is 0 Å². The van der Waals surface area contributed by atoms with Gasteiger partial charge in [-0.1, -0.05) is 24.6 Å². The summed E-state index contributed by atoms with van der Waals surface area (Å²) in [6, 6.07) is 12.5. The first-order valence-electron chi connectivity index (χ1n) is 7.18. The van der Waals surface area contributed by atoms with Gasteiger partial charge >= 0.3 is 0 Å². The zero-order valence-corrected chi connectivity index (χ0v) is 13.1. The van der Waals surface area contributed by atoms with Crippen LogP contribution in [0, 0.1) is 5.82 Å². The van der Waals surface area contributed by atoms with Gasteiger partial charge in [-0.15, -0.1) is 0 Å². The Hall–Kier alpha value is -1.58. The molecule has 0 amide bonds. The van der Waals surface area contributed by atoms with Gasteiger partial charge < -0.3 is 10.2 Å². The van der Waals surface area contributed by atoms with E-state index < -0.39 is 0 Å². The molecule has 21 heavy (non-hydrogen) atoms. The van der Waals surface area contributed by atoms with Crippen LogP contribution in [-0.4, -0.2) is 13.1 Å². The fourth-order valence-electron chi connectivity index (χ4n) is 2.26. The Morgan fingerprint density at radius 2 is 1.81 bits per heavy atom. The average molecular weight is 307 g/mol. The third-order valence-corrected chi connectivity index (χ3v) is 3.64. The number of nitrogens with zero attached hydrogens (tertiary/aromatic N) is 1. The lowest BCUT2D eigenvalue weighted by Gasteiger charge is -2.24. The Labute approximate surface area is 130 Å². The van der Waals surface area contributed by atoms with E-state index in [9.17, 15) is 4.39 Å². The highest BCUT2D eigenvalue weighted by Gasteiger charge is 2.11. The van der Waals surface area contributed by atoms with Gasteiger partial charge in [0.2, 0.25) is 0 Å². The van der Waals surface area contributed by atoms with Gasteiger partial charge in [-0.25, -0.2) is 4.39 Å². The zero-order valence-electron chi connectivity index (χ0n) is 12.4. The van der Waals surface area contributed by atoms with E-state index in [4.69, 9.17) is 11.6 Å². The van der Waals surface area contributed by atoms with Gasteiger partial charge in [-0.2, -0.15) is 0 Å². The fraction of sp³-hybridized carbons (Fsp3) is 0.294. The van der Waals surface area contributed by atoms with Crippen molar-refractivity contribution < 1.29 is 4.39 Å². The minimum absolute atomic E-state index is 0.234. The molecule has 0 saturated carbocycles. The summed E-state index contributed by atoms with van der Waals surface area (Å²) < 4.78 is 13.1. The minimum atomic E-state index is -0.234. The van der Waals surface area contributed by atoms with Gasteiger partial charge in [-0.3, -0.25) is 0 Å². The van der Waals surface area contributed by atoms with Gasteiger partial charge in [-0.05, 0) is 55.4 Å². The van der Waals surface area contributed by atoms with Crippen molar-refractivity contribution in [3.8, 4) is 0 Å². The quantitative estimate of drug-likeness (QED) is 0.828. The summed E-state index contributed by atoms with van der Waals surface area (Å²) in [5, 5.41) is 3.98. The topological polar surface area (TPSA) is 15.3 Å². The maximum absolute atomic E-state index is 13.1. The molecule has 1 N–H and O–H groups in total. The van der Waals surface area contributed by atoms with Crippen LogP contribution in [0.15, 0.2) is 42.5 Å². The molecule has 2 rings (SSSR count). The normalized spacial score (nSPS) is 10.7. The largest absolute Gasteiger partial charge is 0.341 e. The van der Waals surface area contributed by atoms with Gasteiger partial charge in [0.15, 0.2) is 0 Å². The molecular weight excluding hydrogens is 287 g/mol. The first kappa shape index (κ1) is 15.8. The van der Waals surface area contributed by atoms with E-state index >= 15 is 0 Å². The number of halogens is 2. The highest BCUT2D eigenvalue weighted by molar-refractivity contribution is 6.33. The number of anilines is 2. The zero-order chi connectivity index (χ0) is 15.2. The molecule has 4 heteroatoms. The molecule has 0 fully saturated rings. The van der Waals surface area contributed by atoms with Gasteiger partial charge in [0.05, 0.1) is 10.7 Å². The molecule has 2 aromatic carbocycles. The lowest BCUT2D eigenvalue weighted by atomic mass is 10.1. The summed E-state index contributed by atoms with van der Waals surface area (Å²) in [4.78, 5) is 2.07. The first-order valence-corrected chi connectivity index (χ1v) is 7.55. The molecule has 0 aliphatic rings. The molecule has 0 aromatic heterocycles. The number of benzene rings is 2. The third-order valence-electron chi connectivity index (χ3n) is 3.34. The van der Waals surface area contributed by atoms with Crippen LogP contribution >= 0.6 is 11.6 Å². The van der Waals surface area contributed by atoms with Crippen LogP contribution in [0.2, 0.25) is 5.02 Å². The van der Waals surface area contributed by atoms with Crippen LogP contribution < -0.4 is 10.2 Å². The predicted octanol–water partition coefficient (Wildman–Crippen LogP) is 4.75. The summed E-state index contributed by atoms with van der Waals surface area (Å²) in [6.45, 7) is 6.61. The highest BCUT2D eigenvalue weighted by Crippen LogP contribution is 2.32. The highest BCUT2D eigenvalue weighted by atomic mass is 35.5. The SMILES string of the molecule is CCNCc1ccc(N(CC)c2ccc(F)cc2)c(Cl)c1. The Balaban J connectivity index is 2.27. The lowest BCUT2D eigenvalue weighted by molar-refractivity contribution is 0.628. The second kappa shape index (κ2) is 7.43. The van der Waals surface area contributed by atoms with Crippen LogP contribution in [0.25, 0.3) is 0 Å². The van der Waals surface area contributed by atoms with Crippen molar-refractivity contribution in [2.24, 2.45) is 0 Å². The third kappa shape index (κ3) is 3.96. The van der Waals surface area contributed by atoms with Crippen LogP contribution in [0.3, 0.4) is 0 Å². The monoisotopic (exact) mass is 306 g/mol. The van der Waals surface area contributed by atoms with E-state index in [-0.39, 0.29) is 5.82 Å². The minimum Gasteiger partial charge on any atom is -0.341 e. The van der Waals surface area contributed by atoms with Crippen molar-refractivity contribution >= 4 is 23.0 Å². The van der Waals surface area contributed by atoms with Crippen molar-refractivity contribution in [2.45, 2.75) is 20.4 Å². The summed E-state index contributed by atoms with van der Waals surface area (Å²) in [7, 11) is 0. The van der Waals surface area contributed by atoms with E-state index in [1.807, 2.05) is 19.1 Å². The molecule has 0 unspecified atom stereocenters. The molecule has 0 aliphatic heterocycles. The summed E-state index contributed by atoms with van der Waals surface area (Å²) in [5.74, 6) is -0.234. The van der Waals surface area contributed by atoms with Crippen molar-refractivity contribution in [3.63, 3.8) is 0 Å². The van der Waals surface area contributed by atoms with Crippen molar-refractivity contribution in [2.75, 3.05) is 18.0 Å². The number of hydrogen-bond acceptors (Lipinski definition) is 2. The number of hydrogen-bond donors (Lipinski definition) is 1. The Morgan fingerprint density at radius 1 is 1.10 bits per heavy atom. The molecule has 0 radical (unpaired) electrons. The molecule has 0 heterocycles. The summed E-state index contributed by atoms with van der Waals surface area (Å²) in [5.41, 5.74) is 3.02. The van der Waals surface area contributed by atoms with Crippen LogP contribution in [-0.2, 0) is 6.54 Å². The molecule has 112 valence electrons. The lowest BCUT2D eigenvalue weighted by Crippen LogP contribution is -2.17. The molecule has 0 aliphatic carbocycles. The van der Waals surface area contributed by atoms with Gasteiger partial charge in [0.25, 0.3) is 0 Å². The second-order valence-corrected chi connectivity index (χ2v) is 5.19. The Bertz CT molecular complexity index is 584. The maximum Gasteiger partial charge on any atom is 0.123 e. The summed E-state index contributed by atoms with van der Waals surface area (Å²) in [6.07, 6.45) is 0. The van der Waals surface area contributed by atoms with Crippen LogP contribution in [0.1, 0.15) is 19.4 Å². The Kier molecular flexibility index (Phi) is 5.59. The van der Waals surface area contributed by atoms with E-state index in [2.05, 4.69) is 23.2 Å². The standard InChI is InChI=1S/C17H20ClFN2/c1-3-20-12-13-5-10-17(16(18)11-13)21(4-2)15-8-6-14(19)7-9-15/h5-11,20H,3-4,12H2,1-2H3. The molecule has 0 saturated heterocycles. The Morgan fingerprint density at radius 3 is 2.38 bits per heavy atom. The van der Waals surface area contributed by atoms with E-state index in [0.29, 0.717) is 5.02 Å². The predicted molar refractivity (Wildman–Crippen MR) is 87.9 cm³/mol. The van der Waals surface area contributed by atoms with Crippen LogP contribution in [0.5, 0.6) is 0 Å². The average Bonchev–Trinajstić information content (AvgIpc) is 2.49. The fourth-order valence-corrected chi connectivity index (χ4v) is 2.57. The van der Waals surface area contributed by atoms with Crippen molar-refractivity contribution in [3.05, 3.63) is 58.9 Å². The molecule has 2 nitrogen and oxygen atoms in total. The second-order valence-electron chi connectivity index (χ2n) is 4.79. The number of nitrogens with one attached hydrogen (secondary N) is 1. The van der Waals surface area contributed by atoms with E-state index in [0.717, 1.165) is 36.6 Å². The maximum atomic E-state index is 13.1. The molecule has 2 aromatic rings. The van der Waals surface area contributed by atoms with Crippen molar-refractivity contribution in [1.82, 2.24) is 5.32 Å². The molecule has 0 atom stereocenters. The smallest absolute Gasteiger partial charge is 0.123 e. The van der Waals surface area contributed by atoms with Gasteiger partial charge in [0.1, 0.15) is 5.82 Å². The molecular formula is C17H20ClFN2. The first-order chi connectivity index (χ1) is 10.2.